The quantitative estimate of drug-likeness (QED) is 0.559. The van der Waals surface area contributed by atoms with Gasteiger partial charge in [-0.25, -0.2) is 14.0 Å². The Morgan fingerprint density at radius 3 is 2.23 bits per heavy atom. The number of anilines is 1. The molecule has 0 bridgehead atoms. The predicted molar refractivity (Wildman–Crippen MR) is 113 cm³/mol. The van der Waals surface area contributed by atoms with Crippen molar-refractivity contribution in [2.75, 3.05) is 25.0 Å². The van der Waals surface area contributed by atoms with E-state index < -0.39 is 6.09 Å². The number of hydrogen-bond donors (Lipinski definition) is 4. The maximum Gasteiger partial charge on any atom is 0.404 e. The summed E-state index contributed by atoms with van der Waals surface area (Å²) in [5, 5.41) is 17.3. The number of amides is 3. The highest BCUT2D eigenvalue weighted by Gasteiger charge is 2.22. The van der Waals surface area contributed by atoms with Gasteiger partial charge in [0.05, 0.1) is 0 Å². The summed E-state index contributed by atoms with van der Waals surface area (Å²) in [6, 6.07) is 14.3. The van der Waals surface area contributed by atoms with Crippen molar-refractivity contribution in [2.45, 2.75) is 31.8 Å². The van der Waals surface area contributed by atoms with Gasteiger partial charge >= 0.3 is 12.1 Å². The van der Waals surface area contributed by atoms with E-state index in [1.165, 1.54) is 12.1 Å². The number of nitrogens with zero attached hydrogens (tertiary/aromatic N) is 1. The van der Waals surface area contributed by atoms with Crippen molar-refractivity contribution in [1.29, 1.82) is 0 Å². The van der Waals surface area contributed by atoms with E-state index in [1.807, 2.05) is 24.3 Å². The molecule has 1 saturated heterocycles. The van der Waals surface area contributed by atoms with Crippen LogP contribution in [0.4, 0.5) is 19.7 Å². The standard InChI is InChI=1S/C22H27FN4O3/c23-18-5-1-17(2-6-18)15-25-21(28)27-13-10-20(11-14-27)26-19-7-3-16(4-8-19)9-12-24-22(29)30/h1-8,20,24,26H,9-15H2,(H,25,28)(H,29,30). The van der Waals surface area contributed by atoms with E-state index in [4.69, 9.17) is 5.11 Å². The Hall–Kier alpha value is -3.29. The van der Waals surface area contributed by atoms with Crippen molar-refractivity contribution >= 4 is 17.8 Å². The van der Waals surface area contributed by atoms with Crippen LogP contribution in [-0.4, -0.2) is 47.8 Å². The molecule has 2 aromatic rings. The molecule has 1 aliphatic heterocycles. The molecule has 0 radical (unpaired) electrons. The van der Waals surface area contributed by atoms with Crippen LogP contribution >= 0.6 is 0 Å². The van der Waals surface area contributed by atoms with E-state index >= 15 is 0 Å². The van der Waals surface area contributed by atoms with Crippen LogP contribution in [0.1, 0.15) is 24.0 Å². The molecule has 0 saturated carbocycles. The van der Waals surface area contributed by atoms with Crippen molar-refractivity contribution in [3.05, 3.63) is 65.5 Å². The van der Waals surface area contributed by atoms with Gasteiger partial charge in [-0.05, 0) is 54.7 Å². The van der Waals surface area contributed by atoms with E-state index in [0.717, 1.165) is 29.7 Å². The molecule has 1 heterocycles. The molecule has 3 rings (SSSR count). The highest BCUT2D eigenvalue weighted by Crippen LogP contribution is 2.18. The molecule has 0 atom stereocenters. The Labute approximate surface area is 175 Å². The largest absolute Gasteiger partial charge is 0.465 e. The number of carbonyl (C=O) groups is 2. The highest BCUT2D eigenvalue weighted by molar-refractivity contribution is 5.74. The molecule has 7 nitrogen and oxygen atoms in total. The first-order chi connectivity index (χ1) is 14.5. The van der Waals surface area contributed by atoms with Crippen LogP contribution < -0.4 is 16.0 Å². The maximum atomic E-state index is 12.9. The summed E-state index contributed by atoms with van der Waals surface area (Å²) in [6.07, 6.45) is 1.35. The fourth-order valence-corrected chi connectivity index (χ4v) is 3.44. The van der Waals surface area contributed by atoms with Crippen molar-refractivity contribution < 1.29 is 19.1 Å². The summed E-state index contributed by atoms with van der Waals surface area (Å²) in [7, 11) is 0. The Balaban J connectivity index is 1.38. The Morgan fingerprint density at radius 2 is 1.60 bits per heavy atom. The SMILES string of the molecule is O=C(O)NCCc1ccc(NC2CCN(C(=O)NCc3ccc(F)cc3)CC2)cc1. The Bertz CT molecular complexity index is 834. The third kappa shape index (κ3) is 6.65. The second-order valence-corrected chi connectivity index (χ2v) is 7.37. The number of hydrogen-bond acceptors (Lipinski definition) is 3. The number of piperidine rings is 1. The Kier molecular flexibility index (Phi) is 7.48. The van der Waals surface area contributed by atoms with Crippen molar-refractivity contribution in [1.82, 2.24) is 15.5 Å². The van der Waals surface area contributed by atoms with E-state index in [1.54, 1.807) is 17.0 Å². The lowest BCUT2D eigenvalue weighted by atomic mass is 10.0. The van der Waals surface area contributed by atoms with Gasteiger partial charge in [-0.3, -0.25) is 0 Å². The summed E-state index contributed by atoms with van der Waals surface area (Å²) in [5.41, 5.74) is 2.95. The molecular weight excluding hydrogens is 387 g/mol. The number of rotatable bonds is 7. The van der Waals surface area contributed by atoms with Crippen LogP contribution in [0.5, 0.6) is 0 Å². The molecule has 1 aliphatic rings. The van der Waals surface area contributed by atoms with Crippen LogP contribution in [0.2, 0.25) is 0 Å². The van der Waals surface area contributed by atoms with Crippen molar-refractivity contribution in [2.24, 2.45) is 0 Å². The summed E-state index contributed by atoms with van der Waals surface area (Å²) in [4.78, 5) is 24.6. The first-order valence-electron chi connectivity index (χ1n) is 10.1. The summed E-state index contributed by atoms with van der Waals surface area (Å²) >= 11 is 0. The zero-order chi connectivity index (χ0) is 21.3. The monoisotopic (exact) mass is 414 g/mol. The normalized spacial score (nSPS) is 14.2. The number of nitrogens with one attached hydrogen (secondary N) is 3. The minimum absolute atomic E-state index is 0.0999. The second kappa shape index (κ2) is 10.5. The fourth-order valence-electron chi connectivity index (χ4n) is 3.44. The third-order valence-corrected chi connectivity index (χ3v) is 5.15. The Morgan fingerprint density at radius 1 is 0.967 bits per heavy atom. The first-order valence-corrected chi connectivity index (χ1v) is 10.1. The van der Waals surface area contributed by atoms with E-state index in [-0.39, 0.29) is 11.8 Å². The second-order valence-electron chi connectivity index (χ2n) is 7.37. The van der Waals surface area contributed by atoms with Gasteiger partial charge in [0.15, 0.2) is 0 Å². The third-order valence-electron chi connectivity index (χ3n) is 5.15. The lowest BCUT2D eigenvalue weighted by Crippen LogP contribution is -2.46. The summed E-state index contributed by atoms with van der Waals surface area (Å²) in [6.45, 7) is 2.12. The van der Waals surface area contributed by atoms with Gasteiger partial charge in [0.25, 0.3) is 0 Å². The summed E-state index contributed by atoms with van der Waals surface area (Å²) < 4.78 is 12.9. The van der Waals surface area contributed by atoms with Gasteiger partial charge in [-0.2, -0.15) is 0 Å². The van der Waals surface area contributed by atoms with Gasteiger partial charge in [0.1, 0.15) is 5.82 Å². The molecular formula is C22H27FN4O3. The zero-order valence-electron chi connectivity index (χ0n) is 16.7. The molecule has 0 spiro atoms. The summed E-state index contributed by atoms with van der Waals surface area (Å²) in [5.74, 6) is -0.288. The lowest BCUT2D eigenvalue weighted by Gasteiger charge is -2.33. The highest BCUT2D eigenvalue weighted by atomic mass is 19.1. The minimum atomic E-state index is -1.01. The van der Waals surface area contributed by atoms with Gasteiger partial charge in [-0.15, -0.1) is 0 Å². The average Bonchev–Trinajstić information content (AvgIpc) is 2.75. The molecule has 30 heavy (non-hydrogen) atoms. The van der Waals surface area contributed by atoms with Gasteiger partial charge < -0.3 is 26.0 Å². The van der Waals surface area contributed by atoms with Crippen LogP contribution in [-0.2, 0) is 13.0 Å². The van der Waals surface area contributed by atoms with Crippen LogP contribution in [0.3, 0.4) is 0 Å². The minimum Gasteiger partial charge on any atom is -0.465 e. The van der Waals surface area contributed by atoms with Crippen LogP contribution in [0.25, 0.3) is 0 Å². The average molecular weight is 414 g/mol. The number of carbonyl (C=O) groups excluding carboxylic acids is 1. The lowest BCUT2D eigenvalue weighted by molar-refractivity contribution is 0.183. The van der Waals surface area contributed by atoms with Gasteiger partial charge in [-0.1, -0.05) is 24.3 Å². The van der Waals surface area contributed by atoms with E-state index in [9.17, 15) is 14.0 Å². The van der Waals surface area contributed by atoms with E-state index in [2.05, 4.69) is 16.0 Å². The van der Waals surface area contributed by atoms with Crippen LogP contribution in [0, 0.1) is 5.82 Å². The number of urea groups is 1. The van der Waals surface area contributed by atoms with Crippen molar-refractivity contribution in [3.63, 3.8) is 0 Å². The smallest absolute Gasteiger partial charge is 0.404 e. The van der Waals surface area contributed by atoms with E-state index in [0.29, 0.717) is 38.6 Å². The number of halogens is 1. The molecule has 160 valence electrons. The topological polar surface area (TPSA) is 93.7 Å². The first kappa shape index (κ1) is 21.4. The molecule has 0 unspecified atom stereocenters. The number of carboxylic acid groups (broad SMARTS) is 1. The molecule has 3 amide bonds. The number of likely N-dealkylation sites (tertiary alicyclic amines) is 1. The molecule has 4 N–H and O–H groups in total. The molecule has 0 aliphatic carbocycles. The number of benzene rings is 2. The zero-order valence-corrected chi connectivity index (χ0v) is 16.7. The molecule has 0 aromatic heterocycles. The predicted octanol–water partition coefficient (Wildman–Crippen LogP) is 3.42. The molecule has 8 heteroatoms. The van der Waals surface area contributed by atoms with Gasteiger partial charge in [0, 0.05) is 37.9 Å². The van der Waals surface area contributed by atoms with Crippen LogP contribution in [0.15, 0.2) is 48.5 Å². The van der Waals surface area contributed by atoms with Crippen molar-refractivity contribution in [3.8, 4) is 0 Å². The fraction of sp³-hybridized carbons (Fsp3) is 0.364. The van der Waals surface area contributed by atoms with Gasteiger partial charge in [0.2, 0.25) is 0 Å². The maximum absolute atomic E-state index is 12.9. The molecule has 2 aromatic carbocycles. The molecule has 1 fully saturated rings.